The number of carbonyl (C=O) groups is 1. The van der Waals surface area contributed by atoms with Crippen molar-refractivity contribution in [1.82, 2.24) is 10.3 Å². The molecule has 0 saturated carbocycles. The van der Waals surface area contributed by atoms with Gasteiger partial charge in [-0.15, -0.1) is 11.3 Å². The first-order valence-electron chi connectivity index (χ1n) is 8.08. The highest BCUT2D eigenvalue weighted by Crippen LogP contribution is 2.25. The minimum absolute atomic E-state index is 0.0619. The largest absolute Gasteiger partial charge is 0.444 e. The van der Waals surface area contributed by atoms with Gasteiger partial charge in [0.2, 0.25) is 0 Å². The molecular weight excluding hydrogens is 391 g/mol. The molecule has 0 radical (unpaired) electrons. The van der Waals surface area contributed by atoms with Crippen LogP contribution < -0.4 is 5.32 Å². The Labute approximate surface area is 162 Å². The quantitative estimate of drug-likeness (QED) is 0.776. The summed E-state index contributed by atoms with van der Waals surface area (Å²) in [6.45, 7) is 4.81. The Kier molecular flexibility index (Phi) is 6.72. The van der Waals surface area contributed by atoms with E-state index in [-0.39, 0.29) is 23.3 Å². The predicted octanol–water partition coefficient (Wildman–Crippen LogP) is 3.96. The second-order valence-electron chi connectivity index (χ2n) is 6.75. The molecule has 0 aliphatic heterocycles. The smallest absolute Gasteiger partial charge is 0.407 e. The molecule has 0 aliphatic rings. The van der Waals surface area contributed by atoms with E-state index in [4.69, 9.17) is 4.74 Å². The molecule has 1 amide bonds. The van der Waals surface area contributed by atoms with E-state index in [0.29, 0.717) is 10.6 Å². The number of ether oxygens (including phenoxy) is 1. The number of thiazole rings is 1. The molecule has 0 bridgehead atoms. The summed E-state index contributed by atoms with van der Waals surface area (Å²) >= 11 is 1.39. The van der Waals surface area contributed by atoms with E-state index in [1.807, 2.05) is 0 Å². The number of rotatable bonds is 6. The Balaban J connectivity index is 2.08. The molecule has 0 fully saturated rings. The predicted molar refractivity (Wildman–Crippen MR) is 103 cm³/mol. The molecule has 1 aromatic heterocycles. The standard InChI is InChI=1S/C18H21FN2O4S2/c1-18(2,3)25-17(22)21-11-13(10-19)12-27(23,24)15-6-4-5-14(9-15)16-20-7-8-26-16/h4-10H,11-12H2,1-3H3,(H,21,22)/b13-10+. The molecule has 0 unspecified atom stereocenters. The minimum atomic E-state index is -3.79. The maximum absolute atomic E-state index is 13.2. The van der Waals surface area contributed by atoms with Crippen molar-refractivity contribution >= 4 is 27.3 Å². The third-order valence-corrected chi connectivity index (χ3v) is 5.81. The van der Waals surface area contributed by atoms with Crippen LogP contribution >= 0.6 is 11.3 Å². The number of nitrogens with zero attached hydrogens (tertiary/aromatic N) is 1. The summed E-state index contributed by atoms with van der Waals surface area (Å²) in [4.78, 5) is 15.9. The number of hydrogen-bond donors (Lipinski definition) is 1. The first-order valence-corrected chi connectivity index (χ1v) is 10.6. The van der Waals surface area contributed by atoms with E-state index in [1.165, 1.54) is 23.5 Å². The lowest BCUT2D eigenvalue weighted by atomic mass is 10.2. The maximum Gasteiger partial charge on any atom is 0.407 e. The molecule has 6 nitrogen and oxygen atoms in total. The van der Waals surface area contributed by atoms with Crippen molar-refractivity contribution < 1.29 is 22.3 Å². The molecule has 146 valence electrons. The number of halogens is 1. The first kappa shape index (κ1) is 21.0. The average molecular weight is 413 g/mol. The van der Waals surface area contributed by atoms with Crippen molar-refractivity contribution in [1.29, 1.82) is 0 Å². The fourth-order valence-corrected chi connectivity index (χ4v) is 4.18. The summed E-state index contributed by atoms with van der Waals surface area (Å²) in [6.07, 6.45) is 1.08. The van der Waals surface area contributed by atoms with E-state index in [2.05, 4.69) is 10.3 Å². The van der Waals surface area contributed by atoms with Gasteiger partial charge < -0.3 is 10.1 Å². The zero-order valence-electron chi connectivity index (χ0n) is 15.2. The summed E-state index contributed by atoms with van der Waals surface area (Å²) in [5.74, 6) is -0.555. The zero-order chi connectivity index (χ0) is 20.1. The normalized spacial score (nSPS) is 12.7. The molecule has 2 rings (SSSR count). The van der Waals surface area contributed by atoms with Crippen molar-refractivity contribution in [3.8, 4) is 10.6 Å². The Hall–Kier alpha value is -2.26. The number of amides is 1. The van der Waals surface area contributed by atoms with Gasteiger partial charge in [-0.25, -0.2) is 22.6 Å². The van der Waals surface area contributed by atoms with Gasteiger partial charge >= 0.3 is 6.09 Å². The Morgan fingerprint density at radius 1 is 1.37 bits per heavy atom. The van der Waals surface area contributed by atoms with Crippen LogP contribution in [0.2, 0.25) is 0 Å². The Morgan fingerprint density at radius 3 is 2.70 bits per heavy atom. The zero-order valence-corrected chi connectivity index (χ0v) is 16.9. The van der Waals surface area contributed by atoms with Gasteiger partial charge in [0.05, 0.1) is 17.0 Å². The van der Waals surface area contributed by atoms with Crippen LogP contribution in [-0.2, 0) is 14.6 Å². The first-order chi connectivity index (χ1) is 12.6. The minimum Gasteiger partial charge on any atom is -0.444 e. The lowest BCUT2D eigenvalue weighted by molar-refractivity contribution is 0.0532. The molecule has 2 aromatic rings. The Morgan fingerprint density at radius 2 is 2.11 bits per heavy atom. The highest BCUT2D eigenvalue weighted by atomic mass is 32.2. The second-order valence-corrected chi connectivity index (χ2v) is 9.63. The molecule has 1 aromatic carbocycles. The second kappa shape index (κ2) is 8.62. The topological polar surface area (TPSA) is 85.4 Å². The van der Waals surface area contributed by atoms with Crippen molar-refractivity contribution in [2.75, 3.05) is 12.3 Å². The molecule has 0 saturated heterocycles. The molecule has 0 spiro atoms. The third-order valence-electron chi connectivity index (χ3n) is 3.26. The molecule has 27 heavy (non-hydrogen) atoms. The summed E-state index contributed by atoms with van der Waals surface area (Å²) in [5.41, 5.74) is -0.115. The van der Waals surface area contributed by atoms with Gasteiger partial charge in [-0.05, 0) is 38.5 Å². The molecule has 0 aliphatic carbocycles. The van der Waals surface area contributed by atoms with Gasteiger partial charge in [0.25, 0.3) is 0 Å². The van der Waals surface area contributed by atoms with Crippen LogP contribution in [0.4, 0.5) is 9.18 Å². The van der Waals surface area contributed by atoms with Gasteiger partial charge in [-0.3, -0.25) is 0 Å². The summed E-state index contributed by atoms with van der Waals surface area (Å²) in [5, 5.41) is 4.84. The van der Waals surface area contributed by atoms with Crippen molar-refractivity contribution in [3.05, 3.63) is 47.7 Å². The van der Waals surface area contributed by atoms with Crippen molar-refractivity contribution in [2.24, 2.45) is 0 Å². The number of hydrogen-bond acceptors (Lipinski definition) is 6. The number of alkyl carbamates (subject to hydrolysis) is 1. The van der Waals surface area contributed by atoms with E-state index < -0.39 is 27.3 Å². The van der Waals surface area contributed by atoms with E-state index in [1.54, 1.807) is 44.5 Å². The van der Waals surface area contributed by atoms with Crippen molar-refractivity contribution in [2.45, 2.75) is 31.3 Å². The Bertz CT molecular complexity index is 917. The van der Waals surface area contributed by atoms with Crippen LogP contribution in [-0.4, -0.2) is 37.4 Å². The van der Waals surface area contributed by atoms with Gasteiger partial charge in [0, 0.05) is 23.7 Å². The molecule has 1 N–H and O–H groups in total. The number of carbonyl (C=O) groups excluding carboxylic acids is 1. The van der Waals surface area contributed by atoms with Gasteiger partial charge in [0.1, 0.15) is 10.6 Å². The van der Waals surface area contributed by atoms with Gasteiger partial charge in [-0.1, -0.05) is 12.1 Å². The lowest BCUT2D eigenvalue weighted by Gasteiger charge is -2.20. The van der Waals surface area contributed by atoms with Crippen LogP contribution in [0.25, 0.3) is 10.6 Å². The highest BCUT2D eigenvalue weighted by molar-refractivity contribution is 7.91. The number of nitrogens with one attached hydrogen (secondary N) is 1. The van der Waals surface area contributed by atoms with Gasteiger partial charge in [0.15, 0.2) is 9.84 Å². The van der Waals surface area contributed by atoms with Crippen LogP contribution in [0.3, 0.4) is 0 Å². The van der Waals surface area contributed by atoms with Crippen LogP contribution in [0, 0.1) is 0 Å². The van der Waals surface area contributed by atoms with E-state index >= 15 is 0 Å². The summed E-state index contributed by atoms with van der Waals surface area (Å²) in [7, 11) is -3.79. The average Bonchev–Trinajstić information content (AvgIpc) is 3.12. The lowest BCUT2D eigenvalue weighted by Crippen LogP contribution is -2.34. The van der Waals surface area contributed by atoms with Crippen LogP contribution in [0.5, 0.6) is 0 Å². The highest BCUT2D eigenvalue weighted by Gasteiger charge is 2.20. The fourth-order valence-electron chi connectivity index (χ4n) is 2.14. The molecule has 0 atom stereocenters. The van der Waals surface area contributed by atoms with Gasteiger partial charge in [-0.2, -0.15) is 0 Å². The van der Waals surface area contributed by atoms with E-state index in [9.17, 15) is 17.6 Å². The SMILES string of the molecule is CC(C)(C)OC(=O)NC/C(=C\F)CS(=O)(=O)c1cccc(-c2nccs2)c1. The molecule has 9 heteroatoms. The van der Waals surface area contributed by atoms with Crippen LogP contribution in [0.15, 0.2) is 52.6 Å². The molecular formula is C18H21FN2O4S2. The monoisotopic (exact) mass is 412 g/mol. The van der Waals surface area contributed by atoms with Crippen molar-refractivity contribution in [3.63, 3.8) is 0 Å². The summed E-state index contributed by atoms with van der Waals surface area (Å²) < 4.78 is 43.5. The number of aromatic nitrogens is 1. The van der Waals surface area contributed by atoms with Crippen LogP contribution in [0.1, 0.15) is 20.8 Å². The fraction of sp³-hybridized carbons (Fsp3) is 0.333. The number of sulfone groups is 1. The van der Waals surface area contributed by atoms with E-state index in [0.717, 1.165) is 0 Å². The third kappa shape index (κ3) is 6.44. The number of benzene rings is 1. The summed E-state index contributed by atoms with van der Waals surface area (Å²) in [6, 6.07) is 6.32. The maximum atomic E-state index is 13.2. The molecule has 1 heterocycles.